The van der Waals surface area contributed by atoms with Crippen molar-refractivity contribution < 1.29 is 0 Å². The summed E-state index contributed by atoms with van der Waals surface area (Å²) in [5.41, 5.74) is 0.605. The second-order valence-electron chi connectivity index (χ2n) is 3.40. The van der Waals surface area contributed by atoms with Crippen LogP contribution in [0.5, 0.6) is 0 Å². The second-order valence-corrected chi connectivity index (χ2v) is 3.40. The molecule has 74 valence electrons. The van der Waals surface area contributed by atoms with E-state index in [2.05, 4.69) is 36.7 Å². The largest absolute Gasteiger partial charge is 0.354 e. The van der Waals surface area contributed by atoms with Gasteiger partial charge in [0, 0.05) is 18.8 Å². The number of aromatic nitrogens is 1. The monoisotopic (exact) mass is 189 g/mol. The molecular formula is C11H15N3. The van der Waals surface area contributed by atoms with E-state index in [0.29, 0.717) is 11.6 Å². The van der Waals surface area contributed by atoms with Crippen LogP contribution in [-0.4, -0.2) is 17.6 Å². The van der Waals surface area contributed by atoms with Gasteiger partial charge in [-0.15, -0.1) is 0 Å². The van der Waals surface area contributed by atoms with Gasteiger partial charge in [-0.3, -0.25) is 0 Å². The number of pyridine rings is 1. The molecule has 3 nitrogen and oxygen atoms in total. The molecule has 0 aliphatic carbocycles. The van der Waals surface area contributed by atoms with E-state index in [4.69, 9.17) is 5.26 Å². The predicted octanol–water partition coefficient (Wildman–Crippen LogP) is 2.19. The Balaban J connectivity index is 2.90. The number of nitrogens with zero attached hydrogens (tertiary/aromatic N) is 3. The van der Waals surface area contributed by atoms with E-state index in [1.807, 2.05) is 6.07 Å². The minimum Gasteiger partial charge on any atom is -0.354 e. The van der Waals surface area contributed by atoms with Crippen molar-refractivity contribution in [2.24, 2.45) is 0 Å². The van der Waals surface area contributed by atoms with Gasteiger partial charge in [0.2, 0.25) is 0 Å². The fraction of sp³-hybridized carbons (Fsp3) is 0.455. The van der Waals surface area contributed by atoms with Crippen LogP contribution in [0, 0.1) is 11.3 Å². The lowest BCUT2D eigenvalue weighted by atomic mass is 10.2. The molecule has 3 heteroatoms. The first-order chi connectivity index (χ1) is 6.69. The lowest BCUT2D eigenvalue weighted by Crippen LogP contribution is -2.30. The Morgan fingerprint density at radius 1 is 1.50 bits per heavy atom. The minimum atomic E-state index is 0.431. The van der Waals surface area contributed by atoms with Gasteiger partial charge in [0.25, 0.3) is 0 Å². The lowest BCUT2D eigenvalue weighted by Gasteiger charge is -2.26. The van der Waals surface area contributed by atoms with Crippen LogP contribution < -0.4 is 4.90 Å². The zero-order valence-electron chi connectivity index (χ0n) is 8.86. The van der Waals surface area contributed by atoms with Crippen LogP contribution in [0.3, 0.4) is 0 Å². The first-order valence-corrected chi connectivity index (χ1v) is 4.81. The highest BCUT2D eigenvalue weighted by molar-refractivity contribution is 5.42. The van der Waals surface area contributed by atoms with Crippen LogP contribution in [0.4, 0.5) is 5.82 Å². The topological polar surface area (TPSA) is 39.9 Å². The molecule has 1 aromatic heterocycles. The fourth-order valence-electron chi connectivity index (χ4n) is 1.41. The molecular weight excluding hydrogens is 174 g/mol. The van der Waals surface area contributed by atoms with E-state index in [1.165, 1.54) is 0 Å². The van der Waals surface area contributed by atoms with Gasteiger partial charge in [0.15, 0.2) is 0 Å². The smallest absolute Gasteiger partial charge is 0.128 e. The van der Waals surface area contributed by atoms with Gasteiger partial charge in [-0.25, -0.2) is 4.98 Å². The molecule has 0 spiro atoms. The quantitative estimate of drug-likeness (QED) is 0.731. The Morgan fingerprint density at radius 3 is 2.57 bits per heavy atom. The molecule has 1 heterocycles. The van der Waals surface area contributed by atoms with Gasteiger partial charge in [-0.2, -0.15) is 5.26 Å². The molecule has 0 aliphatic heterocycles. The molecule has 0 fully saturated rings. The molecule has 0 N–H and O–H groups in total. The van der Waals surface area contributed by atoms with Crippen molar-refractivity contribution >= 4 is 5.82 Å². The SMILES string of the molecule is CCN(c1ccc(C#N)cn1)C(C)C. The number of hydrogen-bond acceptors (Lipinski definition) is 3. The molecule has 1 rings (SSSR count). The van der Waals surface area contributed by atoms with Crippen molar-refractivity contribution in [1.82, 2.24) is 4.98 Å². The highest BCUT2D eigenvalue weighted by Gasteiger charge is 2.08. The Kier molecular flexibility index (Phi) is 3.47. The van der Waals surface area contributed by atoms with Crippen molar-refractivity contribution in [3.05, 3.63) is 23.9 Å². The molecule has 0 bridgehead atoms. The third-order valence-corrected chi connectivity index (χ3v) is 2.14. The summed E-state index contributed by atoms with van der Waals surface area (Å²) in [6.07, 6.45) is 1.61. The summed E-state index contributed by atoms with van der Waals surface area (Å²) < 4.78 is 0. The zero-order chi connectivity index (χ0) is 10.6. The predicted molar refractivity (Wildman–Crippen MR) is 57.1 cm³/mol. The lowest BCUT2D eigenvalue weighted by molar-refractivity contribution is 0.693. The Hall–Kier alpha value is -1.56. The molecule has 0 aromatic carbocycles. The van der Waals surface area contributed by atoms with E-state index in [1.54, 1.807) is 12.3 Å². The number of anilines is 1. The molecule has 0 amide bonds. The van der Waals surface area contributed by atoms with Crippen molar-refractivity contribution in [1.29, 1.82) is 5.26 Å². The van der Waals surface area contributed by atoms with E-state index in [9.17, 15) is 0 Å². The highest BCUT2D eigenvalue weighted by Crippen LogP contribution is 2.13. The van der Waals surface area contributed by atoms with Gasteiger partial charge in [0.1, 0.15) is 11.9 Å². The van der Waals surface area contributed by atoms with E-state index >= 15 is 0 Å². The number of rotatable bonds is 3. The maximum Gasteiger partial charge on any atom is 0.128 e. The minimum absolute atomic E-state index is 0.431. The van der Waals surface area contributed by atoms with Crippen molar-refractivity contribution in [2.45, 2.75) is 26.8 Å². The van der Waals surface area contributed by atoms with E-state index < -0.39 is 0 Å². The van der Waals surface area contributed by atoms with Crippen molar-refractivity contribution in [2.75, 3.05) is 11.4 Å². The number of nitriles is 1. The maximum atomic E-state index is 8.63. The van der Waals surface area contributed by atoms with E-state index in [-0.39, 0.29) is 0 Å². The summed E-state index contributed by atoms with van der Waals surface area (Å²) in [5.74, 6) is 0.932. The summed E-state index contributed by atoms with van der Waals surface area (Å²) >= 11 is 0. The Labute approximate surface area is 85.0 Å². The number of hydrogen-bond donors (Lipinski definition) is 0. The van der Waals surface area contributed by atoms with Crippen LogP contribution in [0.15, 0.2) is 18.3 Å². The van der Waals surface area contributed by atoms with Crippen LogP contribution in [0.2, 0.25) is 0 Å². The van der Waals surface area contributed by atoms with Gasteiger partial charge in [-0.05, 0) is 32.9 Å². The van der Waals surface area contributed by atoms with Crippen LogP contribution in [0.25, 0.3) is 0 Å². The summed E-state index contributed by atoms with van der Waals surface area (Å²) in [4.78, 5) is 6.43. The third-order valence-electron chi connectivity index (χ3n) is 2.14. The molecule has 0 saturated heterocycles. The van der Waals surface area contributed by atoms with Crippen molar-refractivity contribution in [3.8, 4) is 6.07 Å². The molecule has 0 aliphatic rings. The average molecular weight is 189 g/mol. The summed E-state index contributed by atoms with van der Waals surface area (Å²) in [7, 11) is 0. The highest BCUT2D eigenvalue weighted by atomic mass is 15.2. The normalized spacial score (nSPS) is 9.93. The second kappa shape index (κ2) is 4.61. The maximum absolute atomic E-state index is 8.63. The molecule has 14 heavy (non-hydrogen) atoms. The first kappa shape index (κ1) is 10.5. The van der Waals surface area contributed by atoms with Crippen LogP contribution in [0.1, 0.15) is 26.3 Å². The molecule has 0 atom stereocenters. The molecule has 1 aromatic rings. The summed E-state index contributed by atoms with van der Waals surface area (Å²) in [6, 6.07) is 6.18. The fourth-order valence-corrected chi connectivity index (χ4v) is 1.41. The van der Waals surface area contributed by atoms with Crippen molar-refractivity contribution in [3.63, 3.8) is 0 Å². The van der Waals surface area contributed by atoms with Gasteiger partial charge >= 0.3 is 0 Å². The third kappa shape index (κ3) is 2.23. The molecule has 0 saturated carbocycles. The van der Waals surface area contributed by atoms with Gasteiger partial charge in [0.05, 0.1) is 5.56 Å². The Bertz CT molecular complexity index is 321. The van der Waals surface area contributed by atoms with Gasteiger partial charge < -0.3 is 4.90 Å². The molecule has 0 radical (unpaired) electrons. The van der Waals surface area contributed by atoms with Crippen LogP contribution >= 0.6 is 0 Å². The van der Waals surface area contributed by atoms with Gasteiger partial charge in [-0.1, -0.05) is 0 Å². The molecule has 0 unspecified atom stereocenters. The summed E-state index contributed by atoms with van der Waals surface area (Å²) in [5, 5.41) is 8.63. The standard InChI is InChI=1S/C11H15N3/c1-4-14(9(2)3)11-6-5-10(7-12)8-13-11/h5-6,8-9H,4H2,1-3H3. The summed E-state index contributed by atoms with van der Waals surface area (Å²) in [6.45, 7) is 7.28. The first-order valence-electron chi connectivity index (χ1n) is 4.81. The van der Waals surface area contributed by atoms with E-state index in [0.717, 1.165) is 12.4 Å². The Morgan fingerprint density at radius 2 is 2.21 bits per heavy atom. The van der Waals surface area contributed by atoms with Crippen LogP contribution in [-0.2, 0) is 0 Å². The zero-order valence-corrected chi connectivity index (χ0v) is 8.86. The average Bonchev–Trinajstić information content (AvgIpc) is 2.19.